The molecule has 0 aromatic rings. The van der Waals surface area contributed by atoms with Crippen LogP contribution >= 0.6 is 11.8 Å². The summed E-state index contributed by atoms with van der Waals surface area (Å²) in [6.45, 7) is 26.0. The zero-order chi connectivity index (χ0) is 26.6. The van der Waals surface area contributed by atoms with Crippen LogP contribution in [0, 0.1) is 28.2 Å². The van der Waals surface area contributed by atoms with Crippen LogP contribution in [0.25, 0.3) is 0 Å². The predicted molar refractivity (Wildman–Crippen MR) is 169 cm³/mol. The first-order chi connectivity index (χ1) is 14.0. The fraction of sp³-hybridized carbons (Fsp3) is 0.793. The third-order valence-electron chi connectivity index (χ3n) is 3.60. The first-order valence-corrected chi connectivity index (χ1v) is 12.8. The number of hydrogen-bond donors (Lipinski definition) is 0. The first kappa shape index (κ1) is 70.8. The Kier molecular flexibility index (Phi) is 119. The van der Waals surface area contributed by atoms with Gasteiger partial charge in [0.15, 0.2) is 0 Å². The maximum Gasteiger partial charge on any atom is 2.00 e. The summed E-state index contributed by atoms with van der Waals surface area (Å²) in [6, 6.07) is 0. The number of nitrogens with zero attached hydrogens (tertiary/aromatic N) is 2. The van der Waals surface area contributed by atoms with Gasteiger partial charge in [0.25, 0.3) is 0 Å². The van der Waals surface area contributed by atoms with Crippen molar-refractivity contribution >= 4 is 17.7 Å². The molecule has 0 aliphatic heterocycles. The molecule has 0 saturated carbocycles. The van der Waals surface area contributed by atoms with Crippen LogP contribution in [0.4, 0.5) is 0 Å². The van der Waals surface area contributed by atoms with Crippen molar-refractivity contribution in [2.24, 2.45) is 5.92 Å². The third kappa shape index (κ3) is 182. The van der Waals surface area contributed by atoms with E-state index in [-0.39, 0.29) is 67.8 Å². The first-order valence-electron chi connectivity index (χ1n) is 11.5. The van der Waals surface area contributed by atoms with Gasteiger partial charge in [-0.15, -0.1) is 0 Å². The molecule has 0 unspecified atom stereocenters. The van der Waals surface area contributed by atoms with E-state index in [1.165, 1.54) is 23.8 Å². The molecule has 0 bridgehead atoms. The smallest absolute Gasteiger partial charge is 0.382 e. The molecule has 0 saturated heterocycles. The summed E-state index contributed by atoms with van der Waals surface area (Å²) in [6.07, 6.45) is 5.89. The largest absolute Gasteiger partial charge is 2.00 e. The molecule has 0 heterocycles. The molecular weight excluding hydrogens is 675 g/mol. The van der Waals surface area contributed by atoms with Gasteiger partial charge in [-0.2, -0.15) is 11.8 Å². The molecule has 0 aromatic carbocycles. The number of carbonyl (C=O) groups excluding carboxylic acids is 1. The summed E-state index contributed by atoms with van der Waals surface area (Å²) in [5.41, 5.74) is 1.38. The Labute approximate surface area is 264 Å². The standard InChI is InChI=1S/C5H12.C5H10.C4H9NO.C4H11N.C4H10O.C4H10S.3CH3.V.W/c2*1-4-5(2)3;1-4(6)5(2)3;1-4-5(2)3;2*1-4(2)5-3;;;;;/h5H,4H2,1-3H3;4H,1-3H3;1-3H3;4H2,1-3H3;2*4H,1-3H3;3*1H3;;/q;;;;;;3*-1;+2;. The van der Waals surface area contributed by atoms with E-state index >= 15 is 0 Å². The van der Waals surface area contributed by atoms with Gasteiger partial charge in [0.05, 0.1) is 6.10 Å². The molecule has 36 heavy (non-hydrogen) atoms. The minimum absolute atomic E-state index is 0. The monoisotopic (exact) mass is 746 g/mol. The Bertz CT molecular complexity index is 318. The maximum atomic E-state index is 10.1. The van der Waals surface area contributed by atoms with Crippen molar-refractivity contribution < 1.29 is 49.2 Å². The van der Waals surface area contributed by atoms with Crippen LogP contribution in [0.2, 0.25) is 0 Å². The van der Waals surface area contributed by atoms with Crippen LogP contribution in [-0.4, -0.2) is 75.2 Å². The second-order valence-electron chi connectivity index (χ2n) is 8.55. The number of hydrogen-bond acceptors (Lipinski definition) is 4. The molecule has 0 aliphatic rings. The van der Waals surface area contributed by atoms with E-state index in [9.17, 15) is 4.79 Å². The molecule has 0 aliphatic carbocycles. The second kappa shape index (κ2) is 60.3. The zero-order valence-corrected chi connectivity index (χ0v) is 33.8. The van der Waals surface area contributed by atoms with Gasteiger partial charge < -0.3 is 36.8 Å². The fourth-order valence-electron chi connectivity index (χ4n) is 0. The van der Waals surface area contributed by atoms with Gasteiger partial charge in [-0.05, 0) is 72.7 Å². The minimum atomic E-state index is 0. The molecule has 0 spiro atoms. The van der Waals surface area contributed by atoms with Gasteiger partial charge in [-0.1, -0.05) is 59.6 Å². The molecule has 1 amide bonds. The maximum absolute atomic E-state index is 10.1. The van der Waals surface area contributed by atoms with Gasteiger partial charge >= 0.3 is 18.6 Å². The van der Waals surface area contributed by atoms with Crippen LogP contribution in [-0.2, 0) is 49.2 Å². The van der Waals surface area contributed by atoms with Crippen molar-refractivity contribution in [1.82, 2.24) is 9.80 Å². The van der Waals surface area contributed by atoms with Gasteiger partial charge in [0, 0.05) is 49.2 Å². The van der Waals surface area contributed by atoms with E-state index in [4.69, 9.17) is 4.74 Å². The summed E-state index contributed by atoms with van der Waals surface area (Å²) in [7, 11) is 9.26. The van der Waals surface area contributed by atoms with Gasteiger partial charge in [-0.25, -0.2) is 0 Å². The van der Waals surface area contributed by atoms with Crippen LogP contribution in [0.1, 0.15) is 89.5 Å². The molecule has 0 aromatic heterocycles. The number of ether oxygens (including phenoxy) is 1. The Hall–Kier alpha value is 0.753. The number of amides is 1. The van der Waals surface area contributed by atoms with Crippen molar-refractivity contribution in [3.05, 3.63) is 33.9 Å². The minimum Gasteiger partial charge on any atom is -0.382 e. The van der Waals surface area contributed by atoms with Crippen LogP contribution in [0.5, 0.6) is 0 Å². The topological polar surface area (TPSA) is 32.8 Å². The number of carbonyl (C=O) groups is 1. The number of rotatable bonds is 4. The molecule has 0 N–H and O–H groups in total. The van der Waals surface area contributed by atoms with Crippen molar-refractivity contribution in [2.75, 3.05) is 48.1 Å². The Morgan fingerprint density at radius 2 is 1.06 bits per heavy atom. The normalized spacial score (nSPS) is 7.61. The fourth-order valence-corrected chi connectivity index (χ4v) is 0. The van der Waals surface area contributed by atoms with E-state index in [1.54, 1.807) is 21.2 Å². The van der Waals surface area contributed by atoms with E-state index in [1.807, 2.05) is 32.5 Å². The Morgan fingerprint density at radius 1 is 0.889 bits per heavy atom. The van der Waals surface area contributed by atoms with E-state index in [2.05, 4.69) is 86.7 Å². The molecule has 227 valence electrons. The average molecular weight is 747 g/mol. The van der Waals surface area contributed by atoms with Crippen LogP contribution in [0.15, 0.2) is 11.6 Å². The van der Waals surface area contributed by atoms with E-state index in [0.29, 0.717) is 6.10 Å². The molecule has 0 fully saturated rings. The molecule has 4 nitrogen and oxygen atoms in total. The van der Waals surface area contributed by atoms with Crippen molar-refractivity contribution in [3.63, 3.8) is 0 Å². The summed E-state index contributed by atoms with van der Waals surface area (Å²) < 4.78 is 4.75. The van der Waals surface area contributed by atoms with Crippen LogP contribution < -0.4 is 0 Å². The van der Waals surface area contributed by atoms with E-state index in [0.717, 1.165) is 17.7 Å². The van der Waals surface area contributed by atoms with Crippen molar-refractivity contribution in [3.8, 4) is 0 Å². The average Bonchev–Trinajstić information content (AvgIpc) is 2.69. The third-order valence-corrected chi connectivity index (χ3v) is 4.54. The number of thioether (sulfide) groups is 1. The molecular formula is C29H71N2O2SVW-. The number of methoxy groups -OCH3 is 1. The van der Waals surface area contributed by atoms with E-state index < -0.39 is 0 Å². The summed E-state index contributed by atoms with van der Waals surface area (Å²) in [5, 5.41) is 0.801. The summed E-state index contributed by atoms with van der Waals surface area (Å²) in [4.78, 5) is 13.7. The van der Waals surface area contributed by atoms with Crippen LogP contribution in [0.3, 0.4) is 0 Å². The second-order valence-corrected chi connectivity index (χ2v) is 9.96. The number of allylic oxidation sites excluding steroid dienone is 2. The van der Waals surface area contributed by atoms with Gasteiger partial charge in [-0.3, -0.25) is 4.79 Å². The Morgan fingerprint density at radius 3 is 1.06 bits per heavy atom. The molecule has 0 rings (SSSR count). The van der Waals surface area contributed by atoms with Gasteiger partial charge in [0.1, 0.15) is 0 Å². The summed E-state index contributed by atoms with van der Waals surface area (Å²) >= 11 is 1.88. The molecule has 7 heteroatoms. The predicted octanol–water partition coefficient (Wildman–Crippen LogP) is 8.83. The quantitative estimate of drug-likeness (QED) is 0.213. The zero-order valence-electron chi connectivity index (χ0n) is 28.7. The van der Waals surface area contributed by atoms with Crippen molar-refractivity contribution in [2.45, 2.75) is 101 Å². The summed E-state index contributed by atoms with van der Waals surface area (Å²) in [5.74, 6) is 0.977. The Balaban J connectivity index is -0.0000000226. The SMILES string of the molecule is CC(=O)N(C)C.CC=C(C)C.CCC(C)C.CCN(C)C.COC(C)C.CSC(C)C.[CH3-].[CH3-].[CH3-].[V+2].[W]. The molecule has 0 atom stereocenters. The van der Waals surface area contributed by atoms with Gasteiger partial charge in [0.2, 0.25) is 5.91 Å². The molecule has 1 radical (unpaired) electrons. The van der Waals surface area contributed by atoms with Crippen molar-refractivity contribution in [1.29, 1.82) is 0 Å².